The summed E-state index contributed by atoms with van der Waals surface area (Å²) in [4.78, 5) is 10.3. The Kier molecular flexibility index (Phi) is 3.75. The molecule has 0 atom stereocenters. The third kappa shape index (κ3) is 4.75. The lowest BCUT2D eigenvalue weighted by Crippen LogP contribution is -2.29. The summed E-state index contributed by atoms with van der Waals surface area (Å²) in [6.45, 7) is 5.08. The van der Waals surface area contributed by atoms with Gasteiger partial charge in [0.25, 0.3) is 0 Å². The molecule has 0 saturated heterocycles. The van der Waals surface area contributed by atoms with Gasteiger partial charge in [0.15, 0.2) is 0 Å². The van der Waals surface area contributed by atoms with Crippen LogP contribution in [0.1, 0.15) is 27.2 Å². The van der Waals surface area contributed by atoms with E-state index >= 15 is 0 Å². The number of carbonyl (C=O) groups excluding carboxylic acids is 1. The summed E-state index contributed by atoms with van der Waals surface area (Å²) in [5.74, 6) is -2.12. The maximum Gasteiger partial charge on any atom is 0.490 e. The molecule has 0 N–H and O–H groups in total. The first-order valence-corrected chi connectivity index (χ1v) is 3.93. The molecule has 0 aliphatic heterocycles. The monoisotopic (exact) mass is 198 g/mol. The molecular formula is C8H13F3O2. The molecule has 0 spiro atoms. The lowest BCUT2D eigenvalue weighted by molar-refractivity contribution is -0.202. The van der Waals surface area contributed by atoms with Crippen LogP contribution in [-0.2, 0) is 9.53 Å². The molecule has 0 saturated carbocycles. The molecule has 0 aliphatic rings. The molecule has 2 nitrogen and oxygen atoms in total. The molecule has 5 heteroatoms. The second kappa shape index (κ2) is 3.98. The van der Waals surface area contributed by atoms with Gasteiger partial charge in [-0.3, -0.25) is 0 Å². The van der Waals surface area contributed by atoms with Crippen LogP contribution in [0.3, 0.4) is 0 Å². The lowest BCUT2D eigenvalue weighted by Gasteiger charge is -2.22. The van der Waals surface area contributed by atoms with E-state index in [1.807, 2.05) is 6.92 Å². The highest BCUT2D eigenvalue weighted by molar-refractivity contribution is 5.75. The molecule has 0 amide bonds. The van der Waals surface area contributed by atoms with Gasteiger partial charge >= 0.3 is 12.1 Å². The first kappa shape index (κ1) is 12.3. The quantitative estimate of drug-likeness (QED) is 0.651. The molecule has 0 radical (unpaired) electrons. The zero-order valence-corrected chi connectivity index (χ0v) is 7.86. The van der Waals surface area contributed by atoms with Crippen LogP contribution < -0.4 is 0 Å². The largest absolute Gasteiger partial charge is 0.490 e. The predicted molar refractivity (Wildman–Crippen MR) is 41.1 cm³/mol. The summed E-state index contributed by atoms with van der Waals surface area (Å²) in [5.41, 5.74) is -0.402. The molecule has 78 valence electrons. The molecule has 0 fully saturated rings. The number of ether oxygens (including phenoxy) is 1. The van der Waals surface area contributed by atoms with Crippen LogP contribution >= 0.6 is 0 Å². The van der Waals surface area contributed by atoms with Crippen LogP contribution in [0.5, 0.6) is 0 Å². The van der Waals surface area contributed by atoms with Crippen molar-refractivity contribution >= 4 is 5.97 Å². The normalized spacial score (nSPS) is 12.8. The second-order valence-electron chi connectivity index (χ2n) is 3.59. The van der Waals surface area contributed by atoms with Gasteiger partial charge in [-0.15, -0.1) is 0 Å². The van der Waals surface area contributed by atoms with Gasteiger partial charge in [0, 0.05) is 0 Å². The maximum atomic E-state index is 11.7. The van der Waals surface area contributed by atoms with Crippen molar-refractivity contribution in [2.75, 3.05) is 6.61 Å². The third-order valence-electron chi connectivity index (χ3n) is 1.78. The summed E-state index contributed by atoms with van der Waals surface area (Å²) in [5, 5.41) is 0. The van der Waals surface area contributed by atoms with Gasteiger partial charge in [-0.25, -0.2) is 4.79 Å². The highest BCUT2D eigenvalue weighted by Gasteiger charge is 2.41. The van der Waals surface area contributed by atoms with E-state index in [4.69, 9.17) is 0 Å². The van der Waals surface area contributed by atoms with Gasteiger partial charge in [0.1, 0.15) is 0 Å². The van der Waals surface area contributed by atoms with Gasteiger partial charge < -0.3 is 4.74 Å². The predicted octanol–water partition coefficient (Wildman–Crippen LogP) is 2.53. The van der Waals surface area contributed by atoms with Crippen molar-refractivity contribution in [1.29, 1.82) is 0 Å². The van der Waals surface area contributed by atoms with Crippen molar-refractivity contribution in [3.63, 3.8) is 0 Å². The van der Waals surface area contributed by atoms with Crippen LogP contribution in [0.4, 0.5) is 13.2 Å². The summed E-state index contributed by atoms with van der Waals surface area (Å²) < 4.78 is 39.1. The number of hydrogen-bond acceptors (Lipinski definition) is 2. The fraction of sp³-hybridized carbons (Fsp3) is 0.875. The number of carbonyl (C=O) groups is 1. The van der Waals surface area contributed by atoms with Crippen molar-refractivity contribution in [2.24, 2.45) is 5.41 Å². The lowest BCUT2D eigenvalue weighted by atomic mass is 9.92. The number of esters is 1. The molecule has 0 bridgehead atoms. The minimum atomic E-state index is -4.89. The van der Waals surface area contributed by atoms with Crippen molar-refractivity contribution in [2.45, 2.75) is 33.4 Å². The Hall–Kier alpha value is -0.740. The Labute approximate surface area is 75.1 Å². The Bertz CT molecular complexity index is 184. The molecule has 0 aromatic rings. The second-order valence-corrected chi connectivity index (χ2v) is 3.59. The number of alkyl halides is 3. The molecule has 0 heterocycles. The van der Waals surface area contributed by atoms with E-state index in [-0.39, 0.29) is 6.61 Å². The van der Waals surface area contributed by atoms with Crippen molar-refractivity contribution < 1.29 is 22.7 Å². The molecule has 0 rings (SSSR count). The van der Waals surface area contributed by atoms with E-state index in [1.54, 1.807) is 13.8 Å². The molecular weight excluding hydrogens is 185 g/mol. The fourth-order valence-electron chi connectivity index (χ4n) is 0.445. The zero-order chi connectivity index (χ0) is 10.7. The van der Waals surface area contributed by atoms with E-state index in [1.165, 1.54) is 0 Å². The minimum Gasteiger partial charge on any atom is -0.458 e. The Balaban J connectivity index is 3.98. The standard InChI is InChI=1S/C8H13F3O2/c1-4-7(2,3)5-13-6(12)8(9,10)11/h4-5H2,1-3H3. The summed E-state index contributed by atoms with van der Waals surface area (Å²) in [7, 11) is 0. The third-order valence-corrected chi connectivity index (χ3v) is 1.78. The van der Waals surface area contributed by atoms with Crippen LogP contribution in [0.25, 0.3) is 0 Å². The Morgan fingerprint density at radius 1 is 1.31 bits per heavy atom. The topological polar surface area (TPSA) is 26.3 Å². The van der Waals surface area contributed by atoms with E-state index < -0.39 is 17.6 Å². The Morgan fingerprint density at radius 2 is 1.77 bits per heavy atom. The average Bonchev–Trinajstić information content (AvgIpc) is 1.98. The smallest absolute Gasteiger partial charge is 0.458 e. The SMILES string of the molecule is CCC(C)(C)COC(=O)C(F)(F)F. The van der Waals surface area contributed by atoms with Crippen LogP contribution in [0, 0.1) is 5.41 Å². The zero-order valence-electron chi connectivity index (χ0n) is 7.86. The van der Waals surface area contributed by atoms with Crippen LogP contribution in [-0.4, -0.2) is 18.8 Å². The molecule has 0 aliphatic carbocycles. The van der Waals surface area contributed by atoms with E-state index in [0.717, 1.165) is 0 Å². The molecule has 13 heavy (non-hydrogen) atoms. The first-order chi connectivity index (χ1) is 5.69. The van der Waals surface area contributed by atoms with E-state index in [2.05, 4.69) is 4.74 Å². The van der Waals surface area contributed by atoms with Gasteiger partial charge in [-0.2, -0.15) is 13.2 Å². The number of halogens is 3. The maximum absolute atomic E-state index is 11.7. The number of rotatable bonds is 3. The Morgan fingerprint density at radius 3 is 2.08 bits per heavy atom. The van der Waals surface area contributed by atoms with Gasteiger partial charge in [-0.1, -0.05) is 20.8 Å². The minimum absolute atomic E-state index is 0.207. The summed E-state index contributed by atoms with van der Waals surface area (Å²) in [6, 6.07) is 0. The molecule has 0 unspecified atom stereocenters. The molecule has 0 aromatic carbocycles. The van der Waals surface area contributed by atoms with Crippen molar-refractivity contribution in [3.8, 4) is 0 Å². The van der Waals surface area contributed by atoms with E-state index in [9.17, 15) is 18.0 Å². The van der Waals surface area contributed by atoms with Gasteiger partial charge in [-0.05, 0) is 11.8 Å². The average molecular weight is 198 g/mol. The highest BCUT2D eigenvalue weighted by Crippen LogP contribution is 2.22. The molecule has 0 aromatic heterocycles. The van der Waals surface area contributed by atoms with Crippen molar-refractivity contribution in [1.82, 2.24) is 0 Å². The highest BCUT2D eigenvalue weighted by atomic mass is 19.4. The van der Waals surface area contributed by atoms with Crippen LogP contribution in [0.2, 0.25) is 0 Å². The van der Waals surface area contributed by atoms with E-state index in [0.29, 0.717) is 6.42 Å². The van der Waals surface area contributed by atoms with Crippen molar-refractivity contribution in [3.05, 3.63) is 0 Å². The summed E-state index contributed by atoms with van der Waals surface area (Å²) >= 11 is 0. The fourth-order valence-corrected chi connectivity index (χ4v) is 0.445. The first-order valence-electron chi connectivity index (χ1n) is 3.93. The van der Waals surface area contributed by atoms with Gasteiger partial charge in [0.05, 0.1) is 6.61 Å². The van der Waals surface area contributed by atoms with Gasteiger partial charge in [0.2, 0.25) is 0 Å². The van der Waals surface area contributed by atoms with Crippen LogP contribution in [0.15, 0.2) is 0 Å². The number of hydrogen-bond donors (Lipinski definition) is 0. The summed E-state index contributed by atoms with van der Waals surface area (Å²) in [6.07, 6.45) is -4.23.